The van der Waals surface area contributed by atoms with Gasteiger partial charge >= 0.3 is 0 Å². The smallest absolute Gasteiger partial charge is 0.271 e. The van der Waals surface area contributed by atoms with Crippen LogP contribution in [0.25, 0.3) is 0 Å². The lowest BCUT2D eigenvalue weighted by Crippen LogP contribution is -2.47. The number of carbonyl (C=O) groups excluding carboxylic acids is 1. The van der Waals surface area contributed by atoms with Crippen LogP contribution in [0.2, 0.25) is 0 Å². The summed E-state index contributed by atoms with van der Waals surface area (Å²) in [5.41, 5.74) is 5.16. The van der Waals surface area contributed by atoms with E-state index in [9.17, 15) is 4.79 Å². The van der Waals surface area contributed by atoms with Crippen molar-refractivity contribution in [1.82, 2.24) is 15.3 Å². The molecular formula is C10H16N4O2. The second kappa shape index (κ2) is 4.89. The van der Waals surface area contributed by atoms with E-state index in [1.807, 2.05) is 13.8 Å². The van der Waals surface area contributed by atoms with Gasteiger partial charge in [-0.25, -0.2) is 9.97 Å². The number of carbonyl (C=O) groups is 1. The number of nitrogen functional groups attached to an aromatic ring is 1. The molecule has 0 unspecified atom stereocenters. The summed E-state index contributed by atoms with van der Waals surface area (Å²) < 4.78 is 4.99. The summed E-state index contributed by atoms with van der Waals surface area (Å²) in [6, 6.07) is 0. The maximum Gasteiger partial charge on any atom is 0.271 e. The summed E-state index contributed by atoms with van der Waals surface area (Å²) >= 11 is 0. The molecule has 0 aliphatic carbocycles. The minimum absolute atomic E-state index is 0.235. The molecule has 0 aliphatic rings. The lowest BCUT2D eigenvalue weighted by Gasteiger charge is -2.24. The van der Waals surface area contributed by atoms with Crippen molar-refractivity contribution in [2.24, 2.45) is 0 Å². The molecule has 0 saturated carbocycles. The monoisotopic (exact) mass is 224 g/mol. The number of nitrogens with one attached hydrogen (secondary N) is 1. The number of hydrogen-bond acceptors (Lipinski definition) is 5. The third-order valence-corrected chi connectivity index (χ3v) is 1.86. The molecule has 1 aromatic rings. The number of rotatable bonds is 4. The Morgan fingerprint density at radius 3 is 2.69 bits per heavy atom. The van der Waals surface area contributed by atoms with Crippen LogP contribution in [0.5, 0.6) is 0 Å². The summed E-state index contributed by atoms with van der Waals surface area (Å²) in [7, 11) is 1.58. The lowest BCUT2D eigenvalue weighted by atomic mass is 10.1. The van der Waals surface area contributed by atoms with Gasteiger partial charge in [0, 0.05) is 7.11 Å². The van der Waals surface area contributed by atoms with Crippen LogP contribution in [0.15, 0.2) is 12.4 Å². The zero-order valence-electron chi connectivity index (χ0n) is 9.65. The van der Waals surface area contributed by atoms with E-state index in [1.54, 1.807) is 7.11 Å². The third-order valence-electron chi connectivity index (χ3n) is 1.86. The topological polar surface area (TPSA) is 90.1 Å². The first kappa shape index (κ1) is 12.4. The van der Waals surface area contributed by atoms with Crippen LogP contribution in [0.3, 0.4) is 0 Å². The highest BCUT2D eigenvalue weighted by Gasteiger charge is 2.21. The summed E-state index contributed by atoms with van der Waals surface area (Å²) in [5, 5.41) is 2.79. The van der Waals surface area contributed by atoms with Gasteiger partial charge in [0.1, 0.15) is 11.5 Å². The molecule has 88 valence electrons. The van der Waals surface area contributed by atoms with E-state index in [0.717, 1.165) is 0 Å². The molecule has 0 aliphatic heterocycles. The van der Waals surface area contributed by atoms with Gasteiger partial charge in [0.15, 0.2) is 0 Å². The average Bonchev–Trinajstić information content (AvgIpc) is 2.17. The van der Waals surface area contributed by atoms with Gasteiger partial charge in [0.05, 0.1) is 24.5 Å². The van der Waals surface area contributed by atoms with Gasteiger partial charge < -0.3 is 15.8 Å². The van der Waals surface area contributed by atoms with E-state index >= 15 is 0 Å². The Morgan fingerprint density at radius 1 is 1.50 bits per heavy atom. The highest BCUT2D eigenvalue weighted by molar-refractivity contribution is 5.92. The number of nitrogens with two attached hydrogens (primary N) is 1. The van der Waals surface area contributed by atoms with Gasteiger partial charge in [-0.3, -0.25) is 4.79 Å². The molecule has 16 heavy (non-hydrogen) atoms. The number of nitrogens with zero attached hydrogens (tertiary/aromatic N) is 2. The maximum atomic E-state index is 11.7. The quantitative estimate of drug-likeness (QED) is 0.763. The molecule has 1 amide bonds. The van der Waals surface area contributed by atoms with Gasteiger partial charge in [-0.2, -0.15) is 0 Å². The van der Waals surface area contributed by atoms with E-state index in [2.05, 4.69) is 15.3 Å². The summed E-state index contributed by atoms with van der Waals surface area (Å²) in [5.74, 6) is -0.0118. The Balaban J connectivity index is 2.69. The Bertz CT molecular complexity index is 362. The molecular weight excluding hydrogens is 208 g/mol. The molecule has 1 heterocycles. The first-order valence-corrected chi connectivity index (χ1v) is 4.83. The zero-order valence-corrected chi connectivity index (χ0v) is 9.65. The molecule has 6 nitrogen and oxygen atoms in total. The van der Waals surface area contributed by atoms with Crippen LogP contribution in [-0.4, -0.2) is 35.1 Å². The molecule has 0 atom stereocenters. The fourth-order valence-electron chi connectivity index (χ4n) is 1.22. The normalized spacial score (nSPS) is 11.2. The average molecular weight is 224 g/mol. The SMILES string of the molecule is COCC(C)(C)NC(=O)c1cnc(N)cn1. The molecule has 1 rings (SSSR count). The Hall–Kier alpha value is -1.69. The predicted octanol–water partition coefficient (Wildman–Crippen LogP) is 0.214. The fourth-order valence-corrected chi connectivity index (χ4v) is 1.22. The molecule has 6 heteroatoms. The van der Waals surface area contributed by atoms with E-state index in [4.69, 9.17) is 10.5 Å². The van der Waals surface area contributed by atoms with Gasteiger partial charge in [0.25, 0.3) is 5.91 Å². The standard InChI is InChI=1S/C10H16N4O2/c1-10(2,6-16-3)14-9(15)7-4-13-8(11)5-12-7/h4-5H,6H2,1-3H3,(H2,11,13)(H,14,15). The van der Waals surface area contributed by atoms with Gasteiger partial charge in [-0.05, 0) is 13.8 Å². The number of anilines is 1. The first-order valence-electron chi connectivity index (χ1n) is 4.83. The molecule has 0 aromatic carbocycles. The van der Waals surface area contributed by atoms with Crippen molar-refractivity contribution >= 4 is 11.7 Å². The Labute approximate surface area is 94.2 Å². The second-order valence-corrected chi connectivity index (χ2v) is 4.10. The predicted molar refractivity (Wildman–Crippen MR) is 59.9 cm³/mol. The highest BCUT2D eigenvalue weighted by Crippen LogP contribution is 2.04. The lowest BCUT2D eigenvalue weighted by molar-refractivity contribution is 0.0815. The maximum absolute atomic E-state index is 11.7. The van der Waals surface area contributed by atoms with Crippen molar-refractivity contribution in [3.05, 3.63) is 18.1 Å². The Kier molecular flexibility index (Phi) is 3.78. The van der Waals surface area contributed by atoms with Crippen molar-refractivity contribution in [2.45, 2.75) is 19.4 Å². The molecule has 0 radical (unpaired) electrons. The number of amides is 1. The van der Waals surface area contributed by atoms with E-state index in [0.29, 0.717) is 6.61 Å². The van der Waals surface area contributed by atoms with E-state index in [-0.39, 0.29) is 17.4 Å². The van der Waals surface area contributed by atoms with Crippen molar-refractivity contribution in [3.63, 3.8) is 0 Å². The molecule has 3 N–H and O–H groups in total. The second-order valence-electron chi connectivity index (χ2n) is 4.10. The molecule has 0 spiro atoms. The number of hydrogen-bond donors (Lipinski definition) is 2. The van der Waals surface area contributed by atoms with E-state index < -0.39 is 5.54 Å². The van der Waals surface area contributed by atoms with Crippen molar-refractivity contribution in [2.75, 3.05) is 19.5 Å². The van der Waals surface area contributed by atoms with Gasteiger partial charge in [-0.15, -0.1) is 0 Å². The third kappa shape index (κ3) is 3.47. The van der Waals surface area contributed by atoms with Crippen molar-refractivity contribution < 1.29 is 9.53 Å². The summed E-state index contributed by atoms with van der Waals surface area (Å²) in [6.07, 6.45) is 2.69. The highest BCUT2D eigenvalue weighted by atomic mass is 16.5. The van der Waals surface area contributed by atoms with Crippen LogP contribution in [0.4, 0.5) is 5.82 Å². The molecule has 0 fully saturated rings. The van der Waals surface area contributed by atoms with Crippen molar-refractivity contribution in [1.29, 1.82) is 0 Å². The molecule has 0 saturated heterocycles. The minimum Gasteiger partial charge on any atom is -0.382 e. The van der Waals surface area contributed by atoms with Crippen LogP contribution < -0.4 is 11.1 Å². The summed E-state index contributed by atoms with van der Waals surface area (Å²) in [6.45, 7) is 4.14. The van der Waals surface area contributed by atoms with Gasteiger partial charge in [-0.1, -0.05) is 0 Å². The van der Waals surface area contributed by atoms with Crippen molar-refractivity contribution in [3.8, 4) is 0 Å². The first-order chi connectivity index (χ1) is 7.44. The minimum atomic E-state index is -0.450. The van der Waals surface area contributed by atoms with Crippen LogP contribution in [-0.2, 0) is 4.74 Å². The van der Waals surface area contributed by atoms with Crippen LogP contribution >= 0.6 is 0 Å². The molecule has 1 aromatic heterocycles. The summed E-state index contributed by atoms with van der Waals surface area (Å²) in [4.78, 5) is 19.4. The zero-order chi connectivity index (χ0) is 12.2. The number of ether oxygens (including phenoxy) is 1. The van der Waals surface area contributed by atoms with E-state index in [1.165, 1.54) is 12.4 Å². The van der Waals surface area contributed by atoms with Crippen LogP contribution in [0, 0.1) is 0 Å². The Morgan fingerprint density at radius 2 is 2.19 bits per heavy atom. The number of methoxy groups -OCH3 is 1. The fraction of sp³-hybridized carbons (Fsp3) is 0.500. The number of aromatic nitrogens is 2. The largest absolute Gasteiger partial charge is 0.382 e. The molecule has 0 bridgehead atoms. The van der Waals surface area contributed by atoms with Gasteiger partial charge in [0.2, 0.25) is 0 Å². The van der Waals surface area contributed by atoms with Crippen LogP contribution in [0.1, 0.15) is 24.3 Å².